The van der Waals surface area contributed by atoms with Gasteiger partial charge in [-0.05, 0) is 80.9 Å². The summed E-state index contributed by atoms with van der Waals surface area (Å²) >= 11 is 1.40. The normalized spacial score (nSPS) is 15.9. The first kappa shape index (κ1) is 24.6. The Hall–Kier alpha value is -3.51. The summed E-state index contributed by atoms with van der Waals surface area (Å²) in [5.41, 5.74) is 3.96. The summed E-state index contributed by atoms with van der Waals surface area (Å²) < 4.78 is 11.9. The van der Waals surface area contributed by atoms with Gasteiger partial charge in [0, 0.05) is 6.04 Å². The zero-order valence-corrected chi connectivity index (χ0v) is 21.3. The lowest BCUT2D eigenvalue weighted by Crippen LogP contribution is -2.35. The summed E-state index contributed by atoms with van der Waals surface area (Å²) in [4.78, 5) is 20.4. The molecule has 0 atom stereocenters. The molecule has 1 aliphatic rings. The Morgan fingerprint density at radius 1 is 0.971 bits per heavy atom. The zero-order valence-electron chi connectivity index (χ0n) is 20.5. The van der Waals surface area contributed by atoms with E-state index >= 15 is 0 Å². The molecule has 3 aromatic rings. The standard InChI is InChI=1S/C29H30N2O3S/c1-5-33-26-17-23(13-16-25(26)34-19-22-9-7-6-8-10-22)18-27-28(32)31(20(2)3)29(35-27)30-24-14-11-21(4)12-15-24/h6-18,20H,5,19H2,1-4H3/b27-18+,30-29?. The summed E-state index contributed by atoms with van der Waals surface area (Å²) in [6.07, 6.45) is 1.89. The maximum atomic E-state index is 13.2. The van der Waals surface area contributed by atoms with Gasteiger partial charge in [0.1, 0.15) is 6.61 Å². The van der Waals surface area contributed by atoms with Gasteiger partial charge in [-0.2, -0.15) is 0 Å². The molecule has 0 aliphatic carbocycles. The van der Waals surface area contributed by atoms with Crippen molar-refractivity contribution in [1.29, 1.82) is 0 Å². The minimum atomic E-state index is -0.0433. The van der Waals surface area contributed by atoms with Crippen molar-refractivity contribution in [3.8, 4) is 11.5 Å². The van der Waals surface area contributed by atoms with Crippen LogP contribution in [0.15, 0.2) is 82.7 Å². The van der Waals surface area contributed by atoms with Gasteiger partial charge in [0.25, 0.3) is 5.91 Å². The van der Waals surface area contributed by atoms with Crippen LogP contribution >= 0.6 is 11.8 Å². The van der Waals surface area contributed by atoms with Crippen molar-refractivity contribution < 1.29 is 14.3 Å². The number of nitrogens with zero attached hydrogens (tertiary/aromatic N) is 2. The van der Waals surface area contributed by atoms with E-state index in [-0.39, 0.29) is 11.9 Å². The predicted molar refractivity (Wildman–Crippen MR) is 144 cm³/mol. The Labute approximate surface area is 211 Å². The number of ether oxygens (including phenoxy) is 2. The van der Waals surface area contributed by atoms with Gasteiger partial charge in [-0.25, -0.2) is 4.99 Å². The van der Waals surface area contributed by atoms with E-state index in [9.17, 15) is 4.79 Å². The third-order valence-electron chi connectivity index (χ3n) is 5.41. The molecule has 180 valence electrons. The van der Waals surface area contributed by atoms with Crippen LogP contribution in [-0.4, -0.2) is 28.6 Å². The van der Waals surface area contributed by atoms with E-state index in [0.29, 0.717) is 34.8 Å². The topological polar surface area (TPSA) is 51.1 Å². The molecule has 3 aromatic carbocycles. The first-order chi connectivity index (χ1) is 16.9. The van der Waals surface area contributed by atoms with Crippen molar-refractivity contribution in [2.45, 2.75) is 40.3 Å². The highest BCUT2D eigenvalue weighted by Crippen LogP contribution is 2.37. The first-order valence-corrected chi connectivity index (χ1v) is 12.6. The van der Waals surface area contributed by atoms with E-state index in [1.54, 1.807) is 4.90 Å². The summed E-state index contributed by atoms with van der Waals surface area (Å²) in [7, 11) is 0. The van der Waals surface area contributed by atoms with E-state index in [0.717, 1.165) is 16.8 Å². The van der Waals surface area contributed by atoms with Gasteiger partial charge in [0.2, 0.25) is 0 Å². The van der Waals surface area contributed by atoms with Crippen LogP contribution in [-0.2, 0) is 11.4 Å². The molecule has 0 spiro atoms. The quantitative estimate of drug-likeness (QED) is 0.322. The number of rotatable bonds is 8. The lowest BCUT2D eigenvalue weighted by Gasteiger charge is -2.19. The third-order valence-corrected chi connectivity index (χ3v) is 6.40. The number of benzene rings is 3. The highest BCUT2D eigenvalue weighted by molar-refractivity contribution is 8.18. The van der Waals surface area contributed by atoms with Gasteiger partial charge in [-0.15, -0.1) is 0 Å². The van der Waals surface area contributed by atoms with Crippen LogP contribution in [0.5, 0.6) is 11.5 Å². The molecule has 1 saturated heterocycles. The highest BCUT2D eigenvalue weighted by Gasteiger charge is 2.35. The molecule has 0 unspecified atom stereocenters. The number of aryl methyl sites for hydroxylation is 1. The maximum absolute atomic E-state index is 13.2. The molecule has 4 rings (SSSR count). The fraction of sp³-hybridized carbons (Fsp3) is 0.241. The van der Waals surface area contributed by atoms with Crippen LogP contribution < -0.4 is 9.47 Å². The van der Waals surface area contributed by atoms with Crippen LogP contribution in [0, 0.1) is 6.92 Å². The van der Waals surface area contributed by atoms with Gasteiger partial charge in [0.15, 0.2) is 16.7 Å². The Bertz CT molecular complexity index is 1230. The molecule has 1 amide bonds. The molecular formula is C29H30N2O3S. The van der Waals surface area contributed by atoms with Crippen molar-refractivity contribution in [1.82, 2.24) is 4.90 Å². The molecule has 6 heteroatoms. The minimum Gasteiger partial charge on any atom is -0.490 e. The second-order valence-electron chi connectivity index (χ2n) is 8.52. The van der Waals surface area contributed by atoms with Crippen LogP contribution in [0.25, 0.3) is 6.08 Å². The van der Waals surface area contributed by atoms with Crippen molar-refractivity contribution in [3.63, 3.8) is 0 Å². The van der Waals surface area contributed by atoms with Crippen molar-refractivity contribution in [3.05, 3.63) is 94.4 Å². The van der Waals surface area contributed by atoms with Crippen LogP contribution in [0.1, 0.15) is 37.5 Å². The molecule has 0 N–H and O–H groups in total. The van der Waals surface area contributed by atoms with Crippen LogP contribution in [0.2, 0.25) is 0 Å². The molecule has 1 fully saturated rings. The second-order valence-corrected chi connectivity index (χ2v) is 9.53. The molecule has 0 radical (unpaired) electrons. The third kappa shape index (κ3) is 6.14. The van der Waals surface area contributed by atoms with E-state index in [1.165, 1.54) is 17.3 Å². The number of thioether (sulfide) groups is 1. The number of amidine groups is 1. The summed E-state index contributed by atoms with van der Waals surface area (Å²) in [5, 5.41) is 0.688. The van der Waals surface area contributed by atoms with E-state index in [4.69, 9.17) is 14.5 Å². The SMILES string of the molecule is CCOc1cc(/C=C2/SC(=Nc3ccc(C)cc3)N(C(C)C)C2=O)ccc1OCc1ccccc1. The minimum absolute atomic E-state index is 0.00199. The fourth-order valence-corrected chi connectivity index (χ4v) is 4.76. The zero-order chi connectivity index (χ0) is 24.8. The Morgan fingerprint density at radius 2 is 1.71 bits per heavy atom. The Balaban J connectivity index is 1.59. The first-order valence-electron chi connectivity index (χ1n) is 11.8. The highest BCUT2D eigenvalue weighted by atomic mass is 32.2. The van der Waals surface area contributed by atoms with Crippen molar-refractivity contribution in [2.24, 2.45) is 4.99 Å². The fourth-order valence-electron chi connectivity index (χ4n) is 3.64. The van der Waals surface area contributed by atoms with Gasteiger partial charge in [-0.3, -0.25) is 9.69 Å². The molecule has 0 bridgehead atoms. The summed E-state index contributed by atoms with van der Waals surface area (Å²) in [6, 6.07) is 23.7. The second kappa shape index (κ2) is 11.3. The monoisotopic (exact) mass is 486 g/mol. The molecule has 5 nitrogen and oxygen atoms in total. The number of hydrogen-bond donors (Lipinski definition) is 0. The van der Waals surface area contributed by atoms with Gasteiger partial charge >= 0.3 is 0 Å². The molecule has 0 saturated carbocycles. The molecule has 1 heterocycles. The van der Waals surface area contributed by atoms with Crippen LogP contribution in [0.3, 0.4) is 0 Å². The van der Waals surface area contributed by atoms with Gasteiger partial charge < -0.3 is 9.47 Å². The summed E-state index contributed by atoms with van der Waals surface area (Å²) in [6.45, 7) is 8.95. The largest absolute Gasteiger partial charge is 0.490 e. The van der Waals surface area contributed by atoms with Crippen molar-refractivity contribution in [2.75, 3.05) is 6.61 Å². The van der Waals surface area contributed by atoms with Gasteiger partial charge in [0.05, 0.1) is 17.2 Å². The Kier molecular flexibility index (Phi) is 7.93. The average Bonchev–Trinajstić information content (AvgIpc) is 3.15. The lowest BCUT2D eigenvalue weighted by atomic mass is 10.1. The molecule has 0 aromatic heterocycles. The predicted octanol–water partition coefficient (Wildman–Crippen LogP) is 6.99. The molecular weight excluding hydrogens is 456 g/mol. The van der Waals surface area contributed by atoms with E-state index in [1.807, 2.05) is 107 Å². The number of carbonyl (C=O) groups excluding carboxylic acids is 1. The number of aliphatic imine (C=N–C) groups is 1. The van der Waals surface area contributed by atoms with Gasteiger partial charge in [-0.1, -0.05) is 54.1 Å². The Morgan fingerprint density at radius 3 is 2.40 bits per heavy atom. The number of hydrogen-bond acceptors (Lipinski definition) is 5. The number of carbonyl (C=O) groups is 1. The van der Waals surface area contributed by atoms with E-state index < -0.39 is 0 Å². The smallest absolute Gasteiger partial charge is 0.266 e. The summed E-state index contributed by atoms with van der Waals surface area (Å²) in [5.74, 6) is 1.29. The maximum Gasteiger partial charge on any atom is 0.266 e. The van der Waals surface area contributed by atoms with Crippen molar-refractivity contribution >= 4 is 34.6 Å². The van der Waals surface area contributed by atoms with Crippen LogP contribution in [0.4, 0.5) is 5.69 Å². The lowest BCUT2D eigenvalue weighted by molar-refractivity contribution is -0.123. The molecule has 1 aliphatic heterocycles. The molecule has 35 heavy (non-hydrogen) atoms. The van der Waals surface area contributed by atoms with E-state index in [2.05, 4.69) is 0 Å². The number of amides is 1. The average molecular weight is 487 g/mol.